The van der Waals surface area contributed by atoms with Gasteiger partial charge in [0.25, 0.3) is 5.91 Å². The molecule has 0 saturated carbocycles. The highest BCUT2D eigenvalue weighted by Crippen LogP contribution is 2.23. The van der Waals surface area contributed by atoms with Crippen molar-refractivity contribution in [3.8, 4) is 0 Å². The quantitative estimate of drug-likeness (QED) is 0.725. The summed E-state index contributed by atoms with van der Waals surface area (Å²) in [5, 5.41) is 2.76. The summed E-state index contributed by atoms with van der Waals surface area (Å²) in [4.78, 5) is 18.4. The molecule has 2 rings (SSSR count). The zero-order valence-corrected chi connectivity index (χ0v) is 14.3. The molecule has 1 amide bonds. The van der Waals surface area contributed by atoms with Crippen molar-refractivity contribution < 1.29 is 17.9 Å². The van der Waals surface area contributed by atoms with Crippen molar-refractivity contribution >= 4 is 21.6 Å². The number of aromatic nitrogens is 1. The minimum absolute atomic E-state index is 0.0793. The van der Waals surface area contributed by atoms with Crippen LogP contribution in [0.4, 0.5) is 5.82 Å². The van der Waals surface area contributed by atoms with Crippen LogP contribution in [0.25, 0.3) is 0 Å². The first-order valence-corrected chi connectivity index (χ1v) is 9.49. The summed E-state index contributed by atoms with van der Waals surface area (Å²) in [5.41, 5.74) is 0.505. The standard InChI is InChI=1S/C15H23N3O4S/c1-3-18(13-5-9-23(20,21)11-13)14-10-12(4-6-16-14)15(19)17-7-8-22-2/h4,6,10,13H,3,5,7-9,11H2,1-2H3,(H,17,19). The maximum absolute atomic E-state index is 12.1. The smallest absolute Gasteiger partial charge is 0.251 e. The van der Waals surface area contributed by atoms with Gasteiger partial charge < -0.3 is 15.0 Å². The lowest BCUT2D eigenvalue weighted by molar-refractivity contribution is 0.0937. The van der Waals surface area contributed by atoms with Gasteiger partial charge in [-0.25, -0.2) is 13.4 Å². The highest BCUT2D eigenvalue weighted by Gasteiger charge is 2.32. The lowest BCUT2D eigenvalue weighted by Gasteiger charge is -2.28. The molecule has 128 valence electrons. The van der Waals surface area contributed by atoms with E-state index in [9.17, 15) is 13.2 Å². The molecule has 1 atom stereocenters. The van der Waals surface area contributed by atoms with Gasteiger partial charge in [0, 0.05) is 38.0 Å². The van der Waals surface area contributed by atoms with E-state index in [-0.39, 0.29) is 23.5 Å². The van der Waals surface area contributed by atoms with Gasteiger partial charge in [0.1, 0.15) is 5.82 Å². The lowest BCUT2D eigenvalue weighted by Crippen LogP contribution is -2.37. The number of sulfone groups is 1. The molecule has 1 aromatic rings. The highest BCUT2D eigenvalue weighted by atomic mass is 32.2. The fourth-order valence-electron chi connectivity index (χ4n) is 2.71. The van der Waals surface area contributed by atoms with Crippen LogP contribution in [0, 0.1) is 0 Å². The Morgan fingerprint density at radius 3 is 2.91 bits per heavy atom. The second kappa shape index (κ2) is 7.74. The molecule has 7 nitrogen and oxygen atoms in total. The van der Waals surface area contributed by atoms with Crippen molar-refractivity contribution in [3.05, 3.63) is 23.9 Å². The summed E-state index contributed by atoms with van der Waals surface area (Å²) in [7, 11) is -1.39. The van der Waals surface area contributed by atoms with Gasteiger partial charge in [-0.05, 0) is 25.5 Å². The zero-order valence-electron chi connectivity index (χ0n) is 13.5. The van der Waals surface area contributed by atoms with Crippen LogP contribution in [0.1, 0.15) is 23.7 Å². The second-order valence-electron chi connectivity index (χ2n) is 5.49. The highest BCUT2D eigenvalue weighted by molar-refractivity contribution is 7.91. The number of nitrogens with one attached hydrogen (secondary N) is 1. The van der Waals surface area contributed by atoms with Crippen molar-refractivity contribution in [3.63, 3.8) is 0 Å². The molecule has 0 radical (unpaired) electrons. The summed E-state index contributed by atoms with van der Waals surface area (Å²) in [6.45, 7) is 3.48. The van der Waals surface area contributed by atoms with E-state index in [2.05, 4.69) is 10.3 Å². The molecule has 1 aliphatic rings. The molecule has 0 aliphatic carbocycles. The second-order valence-corrected chi connectivity index (χ2v) is 7.72. The number of amides is 1. The van der Waals surface area contributed by atoms with E-state index >= 15 is 0 Å². The van der Waals surface area contributed by atoms with E-state index in [1.54, 1.807) is 25.4 Å². The lowest BCUT2D eigenvalue weighted by atomic mass is 10.2. The number of nitrogens with zero attached hydrogens (tertiary/aromatic N) is 2. The number of anilines is 1. The number of hydrogen-bond acceptors (Lipinski definition) is 6. The molecule has 1 aliphatic heterocycles. The van der Waals surface area contributed by atoms with Crippen LogP contribution in [0.15, 0.2) is 18.3 Å². The molecule has 2 heterocycles. The predicted molar refractivity (Wildman–Crippen MR) is 88.5 cm³/mol. The Balaban J connectivity index is 2.12. The first-order chi connectivity index (χ1) is 11.0. The Hall–Kier alpha value is -1.67. The third kappa shape index (κ3) is 4.65. The van der Waals surface area contributed by atoms with E-state index < -0.39 is 9.84 Å². The van der Waals surface area contributed by atoms with Crippen LogP contribution in [0.3, 0.4) is 0 Å². The number of hydrogen-bond donors (Lipinski definition) is 1. The molecule has 1 fully saturated rings. The van der Waals surface area contributed by atoms with Crippen LogP contribution in [0.2, 0.25) is 0 Å². The van der Waals surface area contributed by atoms with Crippen LogP contribution >= 0.6 is 0 Å². The Labute approximate surface area is 137 Å². The number of rotatable bonds is 7. The SMILES string of the molecule is CCN(c1cc(C(=O)NCCOC)ccn1)C1CCS(=O)(=O)C1. The molecule has 0 aromatic carbocycles. The molecular formula is C15H23N3O4S. The monoisotopic (exact) mass is 341 g/mol. The van der Waals surface area contributed by atoms with Crippen molar-refractivity contribution in [2.24, 2.45) is 0 Å². The van der Waals surface area contributed by atoms with E-state index in [0.29, 0.717) is 37.5 Å². The summed E-state index contributed by atoms with van der Waals surface area (Å²) in [6.07, 6.45) is 2.18. The summed E-state index contributed by atoms with van der Waals surface area (Å²) in [6, 6.07) is 3.27. The van der Waals surface area contributed by atoms with Crippen LogP contribution < -0.4 is 10.2 Å². The topological polar surface area (TPSA) is 88.6 Å². The normalized spacial score (nSPS) is 19.5. The van der Waals surface area contributed by atoms with Crippen LogP contribution in [-0.4, -0.2) is 63.7 Å². The van der Waals surface area contributed by atoms with Crippen LogP contribution in [0.5, 0.6) is 0 Å². The van der Waals surface area contributed by atoms with Gasteiger partial charge in [-0.3, -0.25) is 4.79 Å². The first-order valence-electron chi connectivity index (χ1n) is 7.67. The average molecular weight is 341 g/mol. The molecule has 1 N–H and O–H groups in total. The molecule has 0 bridgehead atoms. The Morgan fingerprint density at radius 1 is 1.52 bits per heavy atom. The van der Waals surface area contributed by atoms with Crippen molar-refractivity contribution in [1.29, 1.82) is 0 Å². The maximum atomic E-state index is 12.1. The zero-order chi connectivity index (χ0) is 16.9. The van der Waals surface area contributed by atoms with Crippen LogP contribution in [-0.2, 0) is 14.6 Å². The molecule has 1 unspecified atom stereocenters. The van der Waals surface area contributed by atoms with Crippen molar-refractivity contribution in [1.82, 2.24) is 10.3 Å². The fourth-order valence-corrected chi connectivity index (χ4v) is 4.44. The number of carbonyl (C=O) groups is 1. The Morgan fingerprint density at radius 2 is 2.30 bits per heavy atom. The fraction of sp³-hybridized carbons (Fsp3) is 0.600. The largest absolute Gasteiger partial charge is 0.383 e. The number of methoxy groups -OCH3 is 1. The molecule has 1 aromatic heterocycles. The Bertz CT molecular complexity index is 648. The summed E-state index contributed by atoms with van der Waals surface area (Å²) >= 11 is 0. The van der Waals surface area contributed by atoms with Gasteiger partial charge in [-0.15, -0.1) is 0 Å². The predicted octanol–water partition coefficient (Wildman–Crippen LogP) is 0.471. The number of ether oxygens (including phenoxy) is 1. The number of carbonyl (C=O) groups excluding carboxylic acids is 1. The van der Waals surface area contributed by atoms with Gasteiger partial charge in [0.05, 0.1) is 18.1 Å². The third-order valence-electron chi connectivity index (χ3n) is 3.88. The first kappa shape index (κ1) is 17.7. The molecular weight excluding hydrogens is 318 g/mol. The summed E-state index contributed by atoms with van der Waals surface area (Å²) in [5.74, 6) is 0.799. The minimum atomic E-state index is -2.96. The average Bonchev–Trinajstić information content (AvgIpc) is 2.88. The van der Waals surface area contributed by atoms with Gasteiger partial charge >= 0.3 is 0 Å². The molecule has 8 heteroatoms. The Kier molecular flexibility index (Phi) is 5.95. The van der Waals surface area contributed by atoms with E-state index in [0.717, 1.165) is 0 Å². The minimum Gasteiger partial charge on any atom is -0.383 e. The van der Waals surface area contributed by atoms with E-state index in [1.807, 2.05) is 11.8 Å². The summed E-state index contributed by atoms with van der Waals surface area (Å²) < 4.78 is 28.3. The van der Waals surface area contributed by atoms with E-state index in [1.165, 1.54) is 0 Å². The van der Waals surface area contributed by atoms with Crippen molar-refractivity contribution in [2.75, 3.05) is 43.2 Å². The van der Waals surface area contributed by atoms with Crippen molar-refractivity contribution in [2.45, 2.75) is 19.4 Å². The molecule has 0 spiro atoms. The van der Waals surface area contributed by atoms with Gasteiger partial charge in [0.15, 0.2) is 9.84 Å². The van der Waals surface area contributed by atoms with Gasteiger partial charge in [-0.1, -0.05) is 0 Å². The molecule has 23 heavy (non-hydrogen) atoms. The van der Waals surface area contributed by atoms with E-state index in [4.69, 9.17) is 4.74 Å². The third-order valence-corrected chi connectivity index (χ3v) is 5.63. The maximum Gasteiger partial charge on any atom is 0.251 e. The van der Waals surface area contributed by atoms with Gasteiger partial charge in [-0.2, -0.15) is 0 Å². The van der Waals surface area contributed by atoms with Gasteiger partial charge in [0.2, 0.25) is 0 Å². The number of pyridine rings is 1. The molecule has 1 saturated heterocycles.